The third kappa shape index (κ3) is 4.86. The van der Waals surface area contributed by atoms with Crippen molar-refractivity contribution in [2.75, 3.05) is 4.90 Å². The van der Waals surface area contributed by atoms with Gasteiger partial charge in [0.2, 0.25) is 0 Å². The van der Waals surface area contributed by atoms with E-state index in [-0.39, 0.29) is 0 Å². The van der Waals surface area contributed by atoms with Crippen molar-refractivity contribution in [1.82, 2.24) is 0 Å². The van der Waals surface area contributed by atoms with Gasteiger partial charge in [0.1, 0.15) is 22.3 Å². The molecule has 0 unspecified atom stereocenters. The summed E-state index contributed by atoms with van der Waals surface area (Å²) in [4.78, 5) is 2.39. The number of hydrogen-bond acceptors (Lipinski definition) is 3. The molecule has 0 saturated carbocycles. The maximum Gasteiger partial charge on any atom is 0.143 e. The molecule has 64 heavy (non-hydrogen) atoms. The van der Waals surface area contributed by atoms with E-state index in [4.69, 9.17) is 8.83 Å². The maximum atomic E-state index is 6.54. The molecule has 14 rings (SSSR count). The van der Waals surface area contributed by atoms with Gasteiger partial charge in [-0.05, 0) is 116 Å². The number of anilines is 3. The molecule has 10 aromatic carbocycles. The van der Waals surface area contributed by atoms with Gasteiger partial charge in [0.25, 0.3) is 0 Å². The second-order valence-electron chi connectivity index (χ2n) is 17.1. The van der Waals surface area contributed by atoms with E-state index in [0.717, 1.165) is 83.2 Å². The summed E-state index contributed by atoms with van der Waals surface area (Å²) < 4.78 is 13.1. The molecule has 0 atom stereocenters. The first-order chi connectivity index (χ1) is 31.7. The van der Waals surface area contributed by atoms with Gasteiger partial charge in [0.05, 0.1) is 5.41 Å². The van der Waals surface area contributed by atoms with E-state index in [1.807, 2.05) is 18.2 Å². The van der Waals surface area contributed by atoms with Crippen LogP contribution in [0.4, 0.5) is 17.1 Å². The Morgan fingerprint density at radius 1 is 0.281 bits per heavy atom. The molecule has 0 saturated heterocycles. The molecule has 298 valence electrons. The Morgan fingerprint density at radius 2 is 0.828 bits per heavy atom. The van der Waals surface area contributed by atoms with Crippen molar-refractivity contribution in [3.05, 3.63) is 247 Å². The average Bonchev–Trinajstić information content (AvgIpc) is 4.09. The molecule has 3 nitrogen and oxygen atoms in total. The minimum absolute atomic E-state index is 0.453. The van der Waals surface area contributed by atoms with Crippen LogP contribution in [0.2, 0.25) is 0 Å². The van der Waals surface area contributed by atoms with Crippen LogP contribution in [-0.4, -0.2) is 0 Å². The lowest BCUT2D eigenvalue weighted by Crippen LogP contribution is -2.26. The van der Waals surface area contributed by atoms with E-state index in [2.05, 4.69) is 211 Å². The second kappa shape index (κ2) is 13.3. The third-order valence-corrected chi connectivity index (χ3v) is 13.9. The Morgan fingerprint density at radius 3 is 1.58 bits per heavy atom. The van der Waals surface area contributed by atoms with Crippen LogP contribution >= 0.6 is 0 Å². The molecule has 0 amide bonds. The van der Waals surface area contributed by atoms with Crippen LogP contribution in [0.3, 0.4) is 0 Å². The van der Waals surface area contributed by atoms with Gasteiger partial charge in [-0.1, -0.05) is 164 Å². The lowest BCUT2D eigenvalue weighted by atomic mass is 9.70. The van der Waals surface area contributed by atoms with Crippen LogP contribution in [0.15, 0.2) is 233 Å². The van der Waals surface area contributed by atoms with Crippen molar-refractivity contribution in [2.45, 2.75) is 5.41 Å². The summed E-state index contributed by atoms with van der Waals surface area (Å²) in [5.74, 6) is 0. The zero-order valence-corrected chi connectivity index (χ0v) is 34.6. The summed E-state index contributed by atoms with van der Waals surface area (Å²) in [7, 11) is 0. The van der Waals surface area contributed by atoms with E-state index in [1.165, 1.54) is 44.5 Å². The second-order valence-corrected chi connectivity index (χ2v) is 17.1. The van der Waals surface area contributed by atoms with Crippen LogP contribution in [-0.2, 0) is 5.41 Å². The van der Waals surface area contributed by atoms with E-state index < -0.39 is 5.41 Å². The van der Waals surface area contributed by atoms with Crippen molar-refractivity contribution in [3.8, 4) is 44.5 Å². The quantitative estimate of drug-likeness (QED) is 0.173. The zero-order valence-electron chi connectivity index (χ0n) is 34.6. The fourth-order valence-electron chi connectivity index (χ4n) is 11.1. The number of hydrogen-bond donors (Lipinski definition) is 0. The summed E-state index contributed by atoms with van der Waals surface area (Å²) in [5.41, 5.74) is 21.2. The maximum absolute atomic E-state index is 6.54. The summed E-state index contributed by atoms with van der Waals surface area (Å²) in [6.45, 7) is 0. The van der Waals surface area contributed by atoms with E-state index in [9.17, 15) is 0 Å². The van der Waals surface area contributed by atoms with Gasteiger partial charge in [-0.25, -0.2) is 0 Å². The molecule has 1 spiro atoms. The Bertz CT molecular complexity index is 3790. The van der Waals surface area contributed by atoms with Crippen LogP contribution in [0.5, 0.6) is 0 Å². The molecule has 3 heteroatoms. The molecule has 12 aromatic rings. The summed E-state index contributed by atoms with van der Waals surface area (Å²) >= 11 is 0. The van der Waals surface area contributed by atoms with Crippen molar-refractivity contribution >= 4 is 60.9 Å². The Balaban J connectivity index is 0.939. The normalized spacial score (nSPS) is 13.1. The van der Waals surface area contributed by atoms with Gasteiger partial charge in [0, 0.05) is 50.2 Å². The molecule has 0 radical (unpaired) electrons. The molecular weight excluding hydrogens is 779 g/mol. The molecule has 0 fully saturated rings. The minimum atomic E-state index is -0.453. The lowest BCUT2D eigenvalue weighted by molar-refractivity contribution is 0.669. The predicted octanol–water partition coefficient (Wildman–Crippen LogP) is 16.6. The summed E-state index contributed by atoms with van der Waals surface area (Å²) in [6, 6.07) is 81.5. The van der Waals surface area contributed by atoms with Crippen LogP contribution in [0, 0.1) is 0 Å². The highest BCUT2D eigenvalue weighted by atomic mass is 16.3. The van der Waals surface area contributed by atoms with E-state index in [1.54, 1.807) is 0 Å². The summed E-state index contributed by atoms with van der Waals surface area (Å²) in [6.07, 6.45) is 0. The number of furan rings is 2. The smallest absolute Gasteiger partial charge is 0.143 e. The number of rotatable bonds is 5. The van der Waals surface area contributed by atoms with Gasteiger partial charge in [-0.3, -0.25) is 0 Å². The Hall–Kier alpha value is -8.40. The van der Waals surface area contributed by atoms with Crippen molar-refractivity contribution in [1.29, 1.82) is 0 Å². The van der Waals surface area contributed by atoms with Gasteiger partial charge in [0.15, 0.2) is 0 Å². The third-order valence-electron chi connectivity index (χ3n) is 13.9. The monoisotopic (exact) mass is 815 g/mol. The molecule has 0 N–H and O–H groups in total. The molecule has 2 aromatic heterocycles. The highest BCUT2D eigenvalue weighted by molar-refractivity contribution is 6.11. The molecule has 2 aliphatic carbocycles. The topological polar surface area (TPSA) is 29.5 Å². The first kappa shape index (κ1) is 35.2. The van der Waals surface area contributed by atoms with Crippen LogP contribution in [0.1, 0.15) is 22.3 Å². The highest BCUT2D eigenvalue weighted by Gasteiger charge is 2.51. The van der Waals surface area contributed by atoms with E-state index >= 15 is 0 Å². The number of para-hydroxylation sites is 2. The standard InChI is InChI=1S/C61H37NO2/c1-2-13-39(14-3-1)44-19-12-20-51-52-35-40(27-34-58(52)64-60(44)51)38-25-28-41(29-26-38)62(43-31-33-50-49-18-7-11-24-57(49)63-59(50)37-43)42-30-32-48-47-17-6-10-23-55(47)61(56(48)36-42)53-21-8-4-15-45(53)46-16-5-9-22-54(46)61/h1-37H. The van der Waals surface area contributed by atoms with Gasteiger partial charge in [-0.2, -0.15) is 0 Å². The van der Waals surface area contributed by atoms with Crippen molar-refractivity contribution < 1.29 is 8.83 Å². The largest absolute Gasteiger partial charge is 0.456 e. The number of benzene rings is 10. The minimum Gasteiger partial charge on any atom is -0.456 e. The van der Waals surface area contributed by atoms with Crippen molar-refractivity contribution in [2.24, 2.45) is 0 Å². The highest BCUT2D eigenvalue weighted by Crippen LogP contribution is 2.63. The molecular formula is C61H37NO2. The van der Waals surface area contributed by atoms with Gasteiger partial charge >= 0.3 is 0 Å². The SMILES string of the molecule is c1ccc(-c2cccc3c2oc2ccc(-c4ccc(N(c5ccc6c(c5)C5(c7ccccc7-c7ccccc75)c5ccccc5-6)c5ccc6c(c5)oc5ccccc56)cc4)cc23)cc1. The summed E-state index contributed by atoms with van der Waals surface area (Å²) in [5, 5.41) is 4.45. The molecule has 0 aliphatic heterocycles. The van der Waals surface area contributed by atoms with Crippen molar-refractivity contribution in [3.63, 3.8) is 0 Å². The first-order valence-electron chi connectivity index (χ1n) is 22.0. The average molecular weight is 816 g/mol. The van der Waals surface area contributed by atoms with Crippen LogP contribution < -0.4 is 4.90 Å². The predicted molar refractivity (Wildman–Crippen MR) is 263 cm³/mol. The zero-order chi connectivity index (χ0) is 41.9. The van der Waals surface area contributed by atoms with E-state index in [0.29, 0.717) is 0 Å². The number of nitrogens with zero attached hydrogens (tertiary/aromatic N) is 1. The fraction of sp³-hybridized carbons (Fsp3) is 0.0164. The van der Waals surface area contributed by atoms with Crippen LogP contribution in [0.25, 0.3) is 88.4 Å². The van der Waals surface area contributed by atoms with Gasteiger partial charge in [-0.15, -0.1) is 0 Å². The molecule has 0 bridgehead atoms. The Labute approximate surface area is 369 Å². The lowest BCUT2D eigenvalue weighted by Gasteiger charge is -2.32. The molecule has 2 aliphatic rings. The molecule has 2 heterocycles. The van der Waals surface area contributed by atoms with Gasteiger partial charge < -0.3 is 13.7 Å². The number of fused-ring (bicyclic) bond motifs is 16. The Kier molecular flexibility index (Phi) is 7.32. The fourth-order valence-corrected chi connectivity index (χ4v) is 11.1. The first-order valence-corrected chi connectivity index (χ1v) is 22.0.